The van der Waals surface area contributed by atoms with Gasteiger partial charge in [-0.15, -0.1) is 0 Å². The number of anilines is 2. The monoisotopic (exact) mass is 319 g/mol. The number of nitrogens with one attached hydrogen (secondary N) is 2. The van der Waals surface area contributed by atoms with Gasteiger partial charge in [0.05, 0.1) is 22.8 Å². The molecular formula is C15H12F3N5. The Labute approximate surface area is 129 Å². The summed E-state index contributed by atoms with van der Waals surface area (Å²) in [6, 6.07) is 4.00. The highest BCUT2D eigenvalue weighted by molar-refractivity contribution is 5.78. The lowest BCUT2D eigenvalue weighted by Gasteiger charge is -2.08. The van der Waals surface area contributed by atoms with E-state index in [-0.39, 0.29) is 0 Å². The smallest absolute Gasteiger partial charge is 0.340 e. The zero-order valence-corrected chi connectivity index (χ0v) is 11.9. The molecule has 0 aliphatic heterocycles. The molecule has 0 aromatic carbocycles. The number of rotatable bonds is 3. The molecule has 3 heterocycles. The van der Waals surface area contributed by atoms with Gasteiger partial charge in [-0.05, 0) is 25.0 Å². The van der Waals surface area contributed by atoms with Crippen molar-refractivity contribution in [2.24, 2.45) is 0 Å². The summed E-state index contributed by atoms with van der Waals surface area (Å²) < 4.78 is 37.5. The van der Waals surface area contributed by atoms with Crippen LogP contribution in [0.25, 0.3) is 11.0 Å². The van der Waals surface area contributed by atoms with Crippen molar-refractivity contribution in [3.05, 3.63) is 42.0 Å². The molecule has 0 atom stereocenters. The number of pyridine rings is 2. The molecule has 1 saturated carbocycles. The number of fused-ring (bicyclic) bond motifs is 1. The van der Waals surface area contributed by atoms with Crippen molar-refractivity contribution in [3.8, 4) is 0 Å². The third-order valence-electron chi connectivity index (χ3n) is 3.70. The Kier molecular flexibility index (Phi) is 3.00. The lowest BCUT2D eigenvalue weighted by Crippen LogP contribution is -2.06. The van der Waals surface area contributed by atoms with Gasteiger partial charge in [0.15, 0.2) is 0 Å². The van der Waals surface area contributed by atoms with Gasteiger partial charge < -0.3 is 10.3 Å². The van der Waals surface area contributed by atoms with Crippen molar-refractivity contribution in [1.82, 2.24) is 19.9 Å². The molecule has 4 rings (SSSR count). The first-order chi connectivity index (χ1) is 11.0. The average molecular weight is 319 g/mol. The third kappa shape index (κ3) is 2.84. The van der Waals surface area contributed by atoms with Crippen LogP contribution >= 0.6 is 0 Å². The number of aromatic amines is 1. The van der Waals surface area contributed by atoms with Crippen LogP contribution in [0.4, 0.5) is 24.8 Å². The van der Waals surface area contributed by atoms with E-state index >= 15 is 0 Å². The molecule has 1 aliphatic rings. The Morgan fingerprint density at radius 1 is 1.09 bits per heavy atom. The molecule has 0 radical (unpaired) electrons. The minimum absolute atomic E-state index is 0.294. The quantitative estimate of drug-likeness (QED) is 0.766. The summed E-state index contributed by atoms with van der Waals surface area (Å²) in [7, 11) is 0. The average Bonchev–Trinajstić information content (AvgIpc) is 3.27. The molecule has 3 aromatic heterocycles. The van der Waals surface area contributed by atoms with Gasteiger partial charge >= 0.3 is 6.18 Å². The van der Waals surface area contributed by atoms with Crippen molar-refractivity contribution in [3.63, 3.8) is 0 Å². The second-order valence-corrected chi connectivity index (χ2v) is 5.54. The largest absolute Gasteiger partial charge is 0.417 e. The van der Waals surface area contributed by atoms with Gasteiger partial charge in [0, 0.05) is 18.2 Å². The third-order valence-corrected chi connectivity index (χ3v) is 3.70. The van der Waals surface area contributed by atoms with Gasteiger partial charge in [-0.2, -0.15) is 13.2 Å². The maximum Gasteiger partial charge on any atom is 0.417 e. The molecule has 0 amide bonds. The Hall–Kier alpha value is -2.64. The summed E-state index contributed by atoms with van der Waals surface area (Å²) in [4.78, 5) is 15.7. The van der Waals surface area contributed by atoms with Gasteiger partial charge in [0.1, 0.15) is 17.5 Å². The van der Waals surface area contributed by atoms with E-state index in [1.54, 1.807) is 12.3 Å². The van der Waals surface area contributed by atoms with Gasteiger partial charge in [-0.25, -0.2) is 15.0 Å². The number of hydrogen-bond donors (Lipinski definition) is 2. The van der Waals surface area contributed by atoms with Gasteiger partial charge in [0.2, 0.25) is 0 Å². The molecule has 5 nitrogen and oxygen atoms in total. The van der Waals surface area contributed by atoms with E-state index in [0.29, 0.717) is 17.6 Å². The molecule has 3 aromatic rings. The summed E-state index contributed by atoms with van der Waals surface area (Å²) in [6.45, 7) is 0. The van der Waals surface area contributed by atoms with Crippen LogP contribution in [-0.2, 0) is 6.18 Å². The zero-order chi connectivity index (χ0) is 16.0. The first-order valence-electron chi connectivity index (χ1n) is 7.15. The minimum Gasteiger partial charge on any atom is -0.340 e. The Morgan fingerprint density at radius 3 is 2.52 bits per heavy atom. The molecule has 1 aliphatic carbocycles. The number of alkyl halides is 3. The van der Waals surface area contributed by atoms with Crippen molar-refractivity contribution in [1.29, 1.82) is 0 Å². The van der Waals surface area contributed by atoms with E-state index in [1.807, 2.05) is 0 Å². The maximum atomic E-state index is 12.5. The fraction of sp³-hybridized carbons (Fsp3) is 0.267. The van der Waals surface area contributed by atoms with E-state index in [1.165, 1.54) is 6.07 Å². The lowest BCUT2D eigenvalue weighted by molar-refractivity contribution is -0.137. The highest BCUT2D eigenvalue weighted by Gasteiger charge is 2.30. The number of halogens is 3. The van der Waals surface area contributed by atoms with Crippen molar-refractivity contribution >= 4 is 22.7 Å². The maximum absolute atomic E-state index is 12.5. The van der Waals surface area contributed by atoms with E-state index in [9.17, 15) is 13.2 Å². The van der Waals surface area contributed by atoms with Crippen molar-refractivity contribution in [2.45, 2.75) is 24.9 Å². The molecule has 118 valence electrons. The first-order valence-corrected chi connectivity index (χ1v) is 7.15. The number of nitrogens with zero attached hydrogens (tertiary/aromatic N) is 3. The van der Waals surface area contributed by atoms with E-state index < -0.39 is 11.7 Å². The van der Waals surface area contributed by atoms with Crippen LogP contribution in [0.2, 0.25) is 0 Å². The molecule has 0 spiro atoms. The van der Waals surface area contributed by atoms with Gasteiger partial charge in [-0.3, -0.25) is 0 Å². The molecule has 0 unspecified atom stereocenters. The molecule has 0 saturated heterocycles. The second kappa shape index (κ2) is 4.94. The molecule has 1 fully saturated rings. The Balaban J connectivity index is 1.57. The molecule has 0 bridgehead atoms. The number of aromatic nitrogens is 4. The van der Waals surface area contributed by atoms with Crippen LogP contribution in [0.3, 0.4) is 0 Å². The highest BCUT2D eigenvalue weighted by Crippen LogP contribution is 2.39. The zero-order valence-electron chi connectivity index (χ0n) is 11.9. The summed E-state index contributed by atoms with van der Waals surface area (Å²) in [5.74, 6) is 2.25. The molecule has 8 heteroatoms. The SMILES string of the molecule is FC(F)(F)c1ccc(Nc2cc3nc(C4CC4)[nH]c3cn2)nc1. The summed E-state index contributed by atoms with van der Waals surface area (Å²) in [5.41, 5.74) is 0.835. The Morgan fingerprint density at radius 2 is 1.87 bits per heavy atom. The summed E-state index contributed by atoms with van der Waals surface area (Å²) in [5, 5.41) is 2.89. The molecular weight excluding hydrogens is 307 g/mol. The van der Waals surface area contributed by atoms with E-state index in [2.05, 4.69) is 25.3 Å². The fourth-order valence-electron chi connectivity index (χ4n) is 2.31. The second-order valence-electron chi connectivity index (χ2n) is 5.54. The number of H-pyrrole nitrogens is 1. The lowest BCUT2D eigenvalue weighted by atomic mass is 10.3. The Bertz CT molecular complexity index is 850. The van der Waals surface area contributed by atoms with Crippen LogP contribution in [0.15, 0.2) is 30.6 Å². The van der Waals surface area contributed by atoms with Gasteiger partial charge in [0.25, 0.3) is 0 Å². The summed E-state index contributed by atoms with van der Waals surface area (Å²) in [6.07, 6.45) is 0.347. The fourth-order valence-corrected chi connectivity index (χ4v) is 2.31. The summed E-state index contributed by atoms with van der Waals surface area (Å²) >= 11 is 0. The van der Waals surface area contributed by atoms with Crippen LogP contribution < -0.4 is 5.32 Å². The van der Waals surface area contributed by atoms with Crippen LogP contribution in [0, 0.1) is 0 Å². The number of imidazole rings is 1. The minimum atomic E-state index is -4.39. The highest BCUT2D eigenvalue weighted by atomic mass is 19.4. The van der Waals surface area contributed by atoms with Crippen molar-refractivity contribution in [2.75, 3.05) is 5.32 Å². The standard InChI is InChI=1S/C15H12F3N5/c16-15(17,18)9-3-4-12(19-6-9)23-13-5-10-11(7-20-13)22-14(21-10)8-1-2-8/h3-8H,1-2H2,(H,21,22)(H,19,20,23). The molecule has 23 heavy (non-hydrogen) atoms. The predicted octanol–water partition coefficient (Wildman–Crippen LogP) is 3.99. The van der Waals surface area contributed by atoms with Crippen LogP contribution in [-0.4, -0.2) is 19.9 Å². The molecule has 2 N–H and O–H groups in total. The van der Waals surface area contributed by atoms with E-state index in [0.717, 1.165) is 42.0 Å². The van der Waals surface area contributed by atoms with Crippen LogP contribution in [0.1, 0.15) is 30.1 Å². The first kappa shape index (κ1) is 14.0. The van der Waals surface area contributed by atoms with Gasteiger partial charge in [-0.1, -0.05) is 0 Å². The predicted molar refractivity (Wildman–Crippen MR) is 78.4 cm³/mol. The van der Waals surface area contributed by atoms with Crippen LogP contribution in [0.5, 0.6) is 0 Å². The normalized spacial score (nSPS) is 15.1. The van der Waals surface area contributed by atoms with Crippen molar-refractivity contribution < 1.29 is 13.2 Å². The van der Waals surface area contributed by atoms with E-state index in [4.69, 9.17) is 0 Å². The number of hydrogen-bond acceptors (Lipinski definition) is 4. The topological polar surface area (TPSA) is 66.5 Å².